The van der Waals surface area contributed by atoms with Gasteiger partial charge in [-0.25, -0.2) is 0 Å². The Hall–Kier alpha value is -1.35. The summed E-state index contributed by atoms with van der Waals surface area (Å²) in [6, 6.07) is 6.63. The van der Waals surface area contributed by atoms with Gasteiger partial charge in [-0.2, -0.15) is 0 Å². The molecule has 1 N–H and O–H groups in total. The lowest BCUT2D eigenvalue weighted by Crippen LogP contribution is -2.48. The fraction of sp³-hybridized carbons (Fsp3) is 0.500. The van der Waals surface area contributed by atoms with Crippen LogP contribution in [0.15, 0.2) is 18.2 Å². The highest BCUT2D eigenvalue weighted by Gasteiger charge is 2.26. The summed E-state index contributed by atoms with van der Waals surface area (Å²) in [5.74, 6) is 0.164. The van der Waals surface area contributed by atoms with Gasteiger partial charge in [0.25, 0.3) is 0 Å². The first-order valence-electron chi connectivity index (χ1n) is 6.14. The van der Waals surface area contributed by atoms with Gasteiger partial charge in [-0.1, -0.05) is 23.8 Å². The second-order valence-electron chi connectivity index (χ2n) is 4.79. The van der Waals surface area contributed by atoms with Crippen molar-refractivity contribution in [2.24, 2.45) is 0 Å². The Morgan fingerprint density at radius 2 is 2.18 bits per heavy atom. The SMILES string of the molecule is CC(=O)N1CCNCC1c1cc(C)ccc1C. The molecule has 0 saturated carbocycles. The van der Waals surface area contributed by atoms with E-state index in [0.717, 1.165) is 19.6 Å². The first kappa shape index (κ1) is 12.1. The minimum atomic E-state index is 0.164. The topological polar surface area (TPSA) is 32.3 Å². The average Bonchev–Trinajstić information content (AvgIpc) is 2.32. The number of carbonyl (C=O) groups is 1. The maximum Gasteiger partial charge on any atom is 0.220 e. The maximum absolute atomic E-state index is 11.7. The van der Waals surface area contributed by atoms with E-state index in [2.05, 4.69) is 37.4 Å². The normalized spacial score (nSPS) is 20.4. The second-order valence-corrected chi connectivity index (χ2v) is 4.79. The molecule has 1 atom stereocenters. The Bertz CT molecular complexity index is 428. The summed E-state index contributed by atoms with van der Waals surface area (Å²) in [6.07, 6.45) is 0. The highest BCUT2D eigenvalue weighted by atomic mass is 16.2. The fourth-order valence-corrected chi connectivity index (χ4v) is 2.48. The molecule has 3 heteroatoms. The van der Waals surface area contributed by atoms with Gasteiger partial charge < -0.3 is 10.2 Å². The molecule has 92 valence electrons. The molecule has 1 amide bonds. The molecule has 2 rings (SSSR count). The second kappa shape index (κ2) is 4.88. The van der Waals surface area contributed by atoms with Crippen LogP contribution in [0.5, 0.6) is 0 Å². The summed E-state index contributed by atoms with van der Waals surface area (Å²) in [5.41, 5.74) is 3.78. The number of carbonyl (C=O) groups excluding carboxylic acids is 1. The lowest BCUT2D eigenvalue weighted by atomic mass is 9.96. The van der Waals surface area contributed by atoms with Crippen molar-refractivity contribution in [3.05, 3.63) is 34.9 Å². The van der Waals surface area contributed by atoms with Crippen LogP contribution in [0.1, 0.15) is 29.7 Å². The maximum atomic E-state index is 11.7. The highest BCUT2D eigenvalue weighted by Crippen LogP contribution is 2.26. The number of benzene rings is 1. The summed E-state index contributed by atoms with van der Waals surface area (Å²) in [6.45, 7) is 8.40. The van der Waals surface area contributed by atoms with Crippen LogP contribution in [-0.2, 0) is 4.79 Å². The van der Waals surface area contributed by atoms with Gasteiger partial charge in [0.15, 0.2) is 0 Å². The van der Waals surface area contributed by atoms with Crippen LogP contribution in [-0.4, -0.2) is 30.4 Å². The number of hydrogen-bond donors (Lipinski definition) is 1. The zero-order chi connectivity index (χ0) is 12.4. The van der Waals surface area contributed by atoms with Gasteiger partial charge in [-0.3, -0.25) is 4.79 Å². The van der Waals surface area contributed by atoms with Gasteiger partial charge >= 0.3 is 0 Å². The Morgan fingerprint density at radius 3 is 2.88 bits per heavy atom. The van der Waals surface area contributed by atoms with Crippen LogP contribution in [0.3, 0.4) is 0 Å². The largest absolute Gasteiger partial charge is 0.333 e. The van der Waals surface area contributed by atoms with Crippen LogP contribution >= 0.6 is 0 Å². The monoisotopic (exact) mass is 232 g/mol. The van der Waals surface area contributed by atoms with E-state index < -0.39 is 0 Å². The molecule has 3 nitrogen and oxygen atoms in total. The molecule has 0 aromatic heterocycles. The fourth-order valence-electron chi connectivity index (χ4n) is 2.48. The lowest BCUT2D eigenvalue weighted by Gasteiger charge is -2.36. The van der Waals surface area contributed by atoms with Crippen molar-refractivity contribution in [2.45, 2.75) is 26.8 Å². The van der Waals surface area contributed by atoms with Crippen molar-refractivity contribution >= 4 is 5.91 Å². The van der Waals surface area contributed by atoms with Crippen molar-refractivity contribution in [1.29, 1.82) is 0 Å². The average molecular weight is 232 g/mol. The van der Waals surface area contributed by atoms with Crippen molar-refractivity contribution < 1.29 is 4.79 Å². The van der Waals surface area contributed by atoms with E-state index in [1.54, 1.807) is 6.92 Å². The van der Waals surface area contributed by atoms with Crippen LogP contribution in [0.4, 0.5) is 0 Å². The molecule has 1 unspecified atom stereocenters. The predicted molar refractivity (Wildman–Crippen MR) is 68.9 cm³/mol. The molecular formula is C14H20N2O. The number of nitrogens with one attached hydrogen (secondary N) is 1. The summed E-state index contributed by atoms with van der Waals surface area (Å²) in [7, 11) is 0. The third-order valence-electron chi connectivity index (χ3n) is 3.44. The van der Waals surface area contributed by atoms with Gasteiger partial charge in [-0.05, 0) is 25.0 Å². The van der Waals surface area contributed by atoms with E-state index in [9.17, 15) is 4.79 Å². The predicted octanol–water partition coefficient (Wildman–Crippen LogP) is 1.80. The van der Waals surface area contributed by atoms with Crippen LogP contribution < -0.4 is 5.32 Å². The standard InChI is InChI=1S/C14H20N2O/c1-10-4-5-11(2)13(8-10)14-9-15-6-7-16(14)12(3)17/h4-5,8,14-15H,6-7,9H2,1-3H3. The Kier molecular flexibility index (Phi) is 3.48. The quantitative estimate of drug-likeness (QED) is 0.800. The number of rotatable bonds is 1. The highest BCUT2D eigenvalue weighted by molar-refractivity contribution is 5.74. The van der Waals surface area contributed by atoms with Gasteiger partial charge in [0.05, 0.1) is 6.04 Å². The number of piperazine rings is 1. The molecule has 0 spiro atoms. The van der Waals surface area contributed by atoms with E-state index in [4.69, 9.17) is 0 Å². The summed E-state index contributed by atoms with van der Waals surface area (Å²) in [5, 5.41) is 3.37. The van der Waals surface area contributed by atoms with Gasteiger partial charge in [-0.15, -0.1) is 0 Å². The summed E-state index contributed by atoms with van der Waals surface area (Å²) >= 11 is 0. The molecule has 1 aromatic carbocycles. The summed E-state index contributed by atoms with van der Waals surface area (Å²) in [4.78, 5) is 13.6. The van der Waals surface area contributed by atoms with Crippen LogP contribution in [0.25, 0.3) is 0 Å². The van der Waals surface area contributed by atoms with Gasteiger partial charge in [0.2, 0.25) is 5.91 Å². The number of hydrogen-bond acceptors (Lipinski definition) is 2. The molecule has 0 aliphatic carbocycles. The first-order chi connectivity index (χ1) is 8.09. The van der Waals surface area contributed by atoms with Crippen molar-refractivity contribution in [3.8, 4) is 0 Å². The van der Waals surface area contributed by atoms with Crippen LogP contribution in [0, 0.1) is 13.8 Å². The molecule has 1 heterocycles. The van der Waals surface area contributed by atoms with E-state index in [0.29, 0.717) is 0 Å². The molecule has 1 aliphatic rings. The Balaban J connectivity index is 2.35. The first-order valence-corrected chi connectivity index (χ1v) is 6.14. The smallest absolute Gasteiger partial charge is 0.220 e. The van der Waals surface area contributed by atoms with Crippen molar-refractivity contribution in [2.75, 3.05) is 19.6 Å². The molecular weight excluding hydrogens is 212 g/mol. The minimum absolute atomic E-state index is 0.164. The Morgan fingerprint density at radius 1 is 1.41 bits per heavy atom. The summed E-state index contributed by atoms with van der Waals surface area (Å²) < 4.78 is 0. The molecule has 0 bridgehead atoms. The molecule has 1 aliphatic heterocycles. The van der Waals surface area contributed by atoms with E-state index in [1.165, 1.54) is 16.7 Å². The zero-order valence-electron chi connectivity index (χ0n) is 10.8. The third-order valence-corrected chi connectivity index (χ3v) is 3.44. The lowest BCUT2D eigenvalue weighted by molar-refractivity contribution is -0.132. The van der Waals surface area contributed by atoms with E-state index in [-0.39, 0.29) is 11.9 Å². The van der Waals surface area contributed by atoms with E-state index in [1.807, 2.05) is 4.90 Å². The molecule has 0 radical (unpaired) electrons. The molecule has 1 aromatic rings. The van der Waals surface area contributed by atoms with Crippen LogP contribution in [0.2, 0.25) is 0 Å². The van der Waals surface area contributed by atoms with Crippen molar-refractivity contribution in [1.82, 2.24) is 10.2 Å². The zero-order valence-corrected chi connectivity index (χ0v) is 10.8. The van der Waals surface area contributed by atoms with Crippen molar-refractivity contribution in [3.63, 3.8) is 0 Å². The molecule has 1 saturated heterocycles. The number of amides is 1. The number of nitrogens with zero attached hydrogens (tertiary/aromatic N) is 1. The van der Waals surface area contributed by atoms with Gasteiger partial charge in [0, 0.05) is 26.6 Å². The Labute approximate surface area is 103 Å². The molecule has 1 fully saturated rings. The van der Waals surface area contributed by atoms with E-state index >= 15 is 0 Å². The minimum Gasteiger partial charge on any atom is -0.333 e. The third kappa shape index (κ3) is 2.50. The van der Waals surface area contributed by atoms with Gasteiger partial charge in [0.1, 0.15) is 0 Å². The number of aryl methyl sites for hydroxylation is 2. The molecule has 17 heavy (non-hydrogen) atoms.